The molecule has 1 saturated heterocycles. The van der Waals surface area contributed by atoms with Gasteiger partial charge in [0.25, 0.3) is 0 Å². The fourth-order valence-corrected chi connectivity index (χ4v) is 1.71. The lowest BCUT2D eigenvalue weighted by Gasteiger charge is -1.97. The summed E-state index contributed by atoms with van der Waals surface area (Å²) in [5.74, 6) is 2.52. The number of rotatable bonds is 1. The summed E-state index contributed by atoms with van der Waals surface area (Å²) < 4.78 is 5.18. The van der Waals surface area contributed by atoms with E-state index in [0.29, 0.717) is 0 Å². The summed E-state index contributed by atoms with van der Waals surface area (Å²) in [6.45, 7) is 2.83. The van der Waals surface area contributed by atoms with Gasteiger partial charge in [-0.3, -0.25) is 0 Å². The van der Waals surface area contributed by atoms with E-state index in [1.54, 1.807) is 0 Å². The van der Waals surface area contributed by atoms with Crippen LogP contribution in [0.25, 0.3) is 0 Å². The summed E-state index contributed by atoms with van der Waals surface area (Å²) in [6, 6.07) is 0. The molecular formula is C6H11NO. The summed E-state index contributed by atoms with van der Waals surface area (Å²) in [5.41, 5.74) is 5.47. The minimum absolute atomic E-state index is 0.823. The van der Waals surface area contributed by atoms with E-state index < -0.39 is 0 Å². The monoisotopic (exact) mass is 113 g/mol. The largest absolute Gasteiger partial charge is 0.381 e. The van der Waals surface area contributed by atoms with Crippen LogP contribution in [0.5, 0.6) is 0 Å². The highest BCUT2D eigenvalue weighted by Crippen LogP contribution is 2.49. The van der Waals surface area contributed by atoms with Gasteiger partial charge >= 0.3 is 0 Å². The second-order valence-corrected chi connectivity index (χ2v) is 2.76. The van der Waals surface area contributed by atoms with Crippen LogP contribution in [-0.4, -0.2) is 19.8 Å². The Morgan fingerprint density at radius 3 is 2.38 bits per heavy atom. The maximum Gasteiger partial charge on any atom is 0.0501 e. The zero-order chi connectivity index (χ0) is 5.56. The third kappa shape index (κ3) is 0.446. The Labute approximate surface area is 49.0 Å². The molecule has 1 aliphatic heterocycles. The first kappa shape index (κ1) is 4.77. The number of ether oxygens (including phenoxy) is 1. The van der Waals surface area contributed by atoms with Crippen LogP contribution in [0.2, 0.25) is 0 Å². The molecule has 2 fully saturated rings. The van der Waals surface area contributed by atoms with Gasteiger partial charge in [-0.05, 0) is 24.3 Å². The fraction of sp³-hybridized carbons (Fsp3) is 1.00. The van der Waals surface area contributed by atoms with Crippen LogP contribution in [-0.2, 0) is 4.74 Å². The first-order valence-electron chi connectivity index (χ1n) is 3.21. The lowest BCUT2D eigenvalue weighted by Crippen LogP contribution is -2.08. The Morgan fingerprint density at radius 1 is 1.38 bits per heavy atom. The second-order valence-electron chi connectivity index (χ2n) is 2.76. The molecule has 2 aliphatic rings. The highest BCUT2D eigenvalue weighted by molar-refractivity contribution is 5.00. The van der Waals surface area contributed by atoms with Gasteiger partial charge in [-0.15, -0.1) is 0 Å². The van der Waals surface area contributed by atoms with Crippen molar-refractivity contribution < 1.29 is 4.74 Å². The van der Waals surface area contributed by atoms with Crippen molar-refractivity contribution in [3.63, 3.8) is 0 Å². The maximum absolute atomic E-state index is 5.47. The van der Waals surface area contributed by atoms with Crippen LogP contribution < -0.4 is 5.73 Å². The lowest BCUT2D eigenvalue weighted by molar-refractivity contribution is 0.152. The van der Waals surface area contributed by atoms with Crippen molar-refractivity contribution in [2.45, 2.75) is 0 Å². The molecule has 0 bridgehead atoms. The molecule has 2 N–H and O–H groups in total. The predicted molar refractivity (Wildman–Crippen MR) is 30.3 cm³/mol. The van der Waals surface area contributed by atoms with Crippen LogP contribution in [0.1, 0.15) is 0 Å². The van der Waals surface area contributed by atoms with Gasteiger partial charge in [0, 0.05) is 0 Å². The van der Waals surface area contributed by atoms with Crippen LogP contribution in [0, 0.1) is 17.8 Å². The quantitative estimate of drug-likeness (QED) is 0.512. The average Bonchev–Trinajstić information content (AvgIpc) is 2.22. The predicted octanol–water partition coefficient (Wildman–Crippen LogP) is -0.163. The molecule has 0 unspecified atom stereocenters. The molecule has 0 aromatic carbocycles. The highest BCUT2D eigenvalue weighted by atomic mass is 16.5. The van der Waals surface area contributed by atoms with E-state index in [4.69, 9.17) is 10.5 Å². The molecule has 2 rings (SSSR count). The number of nitrogens with two attached hydrogens (primary N) is 1. The van der Waals surface area contributed by atoms with Crippen molar-refractivity contribution in [2.24, 2.45) is 23.5 Å². The molecule has 0 aromatic rings. The van der Waals surface area contributed by atoms with Gasteiger partial charge in [-0.2, -0.15) is 0 Å². The minimum atomic E-state index is 0.823. The third-order valence-electron chi connectivity index (χ3n) is 2.40. The summed E-state index contributed by atoms with van der Waals surface area (Å²) in [6.07, 6.45) is 0. The number of fused-ring (bicyclic) bond motifs is 1. The highest BCUT2D eigenvalue weighted by Gasteiger charge is 2.52. The molecular weight excluding hydrogens is 102 g/mol. The molecule has 0 aromatic heterocycles. The van der Waals surface area contributed by atoms with Gasteiger partial charge < -0.3 is 10.5 Å². The van der Waals surface area contributed by atoms with Crippen molar-refractivity contribution in [3.05, 3.63) is 0 Å². The normalized spacial score (nSPS) is 51.4. The van der Waals surface area contributed by atoms with Crippen molar-refractivity contribution >= 4 is 0 Å². The third-order valence-corrected chi connectivity index (χ3v) is 2.40. The zero-order valence-corrected chi connectivity index (χ0v) is 4.84. The van der Waals surface area contributed by atoms with Crippen molar-refractivity contribution in [3.8, 4) is 0 Å². The Balaban J connectivity index is 1.94. The summed E-state index contributed by atoms with van der Waals surface area (Å²) in [5, 5.41) is 0. The second kappa shape index (κ2) is 1.45. The van der Waals surface area contributed by atoms with Crippen molar-refractivity contribution in [1.82, 2.24) is 0 Å². The SMILES string of the molecule is NCC1[C@@H]2COC[C@@H]12. The van der Waals surface area contributed by atoms with E-state index >= 15 is 0 Å². The van der Waals surface area contributed by atoms with E-state index in [0.717, 1.165) is 37.5 Å². The molecule has 2 heteroatoms. The number of hydrogen-bond donors (Lipinski definition) is 1. The van der Waals surface area contributed by atoms with Gasteiger partial charge in [0.15, 0.2) is 0 Å². The number of hydrogen-bond acceptors (Lipinski definition) is 2. The summed E-state index contributed by atoms with van der Waals surface area (Å²) in [7, 11) is 0. The molecule has 0 spiro atoms. The molecule has 46 valence electrons. The van der Waals surface area contributed by atoms with Crippen molar-refractivity contribution in [2.75, 3.05) is 19.8 Å². The molecule has 0 radical (unpaired) electrons. The molecule has 1 aliphatic carbocycles. The topological polar surface area (TPSA) is 35.2 Å². The maximum atomic E-state index is 5.47. The standard InChI is InChI=1S/C6H11NO/c7-1-4-5-2-8-3-6(4)5/h4-6H,1-3,7H2/t5-,6-/m0/s1. The molecule has 2 nitrogen and oxygen atoms in total. The van der Waals surface area contributed by atoms with E-state index in [-0.39, 0.29) is 0 Å². The zero-order valence-electron chi connectivity index (χ0n) is 4.84. The van der Waals surface area contributed by atoms with E-state index in [2.05, 4.69) is 0 Å². The minimum Gasteiger partial charge on any atom is -0.381 e. The molecule has 1 saturated carbocycles. The smallest absolute Gasteiger partial charge is 0.0501 e. The van der Waals surface area contributed by atoms with Gasteiger partial charge in [0.2, 0.25) is 0 Å². The molecule has 0 amide bonds. The molecule has 8 heavy (non-hydrogen) atoms. The lowest BCUT2D eigenvalue weighted by atomic mass is 10.3. The summed E-state index contributed by atoms with van der Waals surface area (Å²) in [4.78, 5) is 0. The molecule has 2 atom stereocenters. The fourth-order valence-electron chi connectivity index (χ4n) is 1.71. The first-order valence-corrected chi connectivity index (χ1v) is 3.21. The van der Waals surface area contributed by atoms with E-state index in [1.807, 2.05) is 0 Å². The van der Waals surface area contributed by atoms with Crippen LogP contribution in [0.4, 0.5) is 0 Å². The van der Waals surface area contributed by atoms with Crippen molar-refractivity contribution in [1.29, 1.82) is 0 Å². The Bertz CT molecular complexity index is 87.9. The van der Waals surface area contributed by atoms with Gasteiger partial charge in [0.1, 0.15) is 0 Å². The summed E-state index contributed by atoms with van der Waals surface area (Å²) >= 11 is 0. The van der Waals surface area contributed by atoms with Gasteiger partial charge in [-0.25, -0.2) is 0 Å². The molecule has 1 heterocycles. The van der Waals surface area contributed by atoms with Gasteiger partial charge in [-0.1, -0.05) is 0 Å². The van der Waals surface area contributed by atoms with E-state index in [9.17, 15) is 0 Å². The Hall–Kier alpha value is -0.0800. The average molecular weight is 113 g/mol. The van der Waals surface area contributed by atoms with Gasteiger partial charge in [0.05, 0.1) is 13.2 Å². The van der Waals surface area contributed by atoms with E-state index in [1.165, 1.54) is 0 Å². The first-order chi connectivity index (χ1) is 3.93. The van der Waals surface area contributed by atoms with Crippen LogP contribution in [0.3, 0.4) is 0 Å². The Morgan fingerprint density at radius 2 is 2.00 bits per heavy atom. The van der Waals surface area contributed by atoms with Crippen LogP contribution in [0.15, 0.2) is 0 Å². The Kier molecular flexibility index (Phi) is 0.866. The van der Waals surface area contributed by atoms with Crippen LogP contribution >= 0.6 is 0 Å².